The highest BCUT2D eigenvalue weighted by molar-refractivity contribution is 5.90. The molecule has 0 amide bonds. The van der Waals surface area contributed by atoms with Crippen molar-refractivity contribution in [2.45, 2.75) is 18.1 Å². The predicted molar refractivity (Wildman–Crippen MR) is 45.7 cm³/mol. The fraction of sp³-hybridized carbons (Fsp3) is 0.500. The highest BCUT2D eigenvalue weighted by Gasteiger charge is 2.49. The van der Waals surface area contributed by atoms with E-state index in [-0.39, 0.29) is 12.4 Å². The summed E-state index contributed by atoms with van der Waals surface area (Å²) in [6.07, 6.45) is -4.11. The zero-order valence-electron chi connectivity index (χ0n) is 7.15. The van der Waals surface area contributed by atoms with Crippen LogP contribution in [0, 0.1) is 0 Å². The van der Waals surface area contributed by atoms with E-state index in [9.17, 15) is 14.4 Å². The summed E-state index contributed by atoms with van der Waals surface area (Å²) in [5.41, 5.74) is -3.22. The van der Waals surface area contributed by atoms with Gasteiger partial charge >= 0.3 is 17.9 Å². The van der Waals surface area contributed by atoms with Gasteiger partial charge in [0.2, 0.25) is 5.60 Å². The Morgan fingerprint density at radius 2 is 1.53 bits per heavy atom. The van der Waals surface area contributed by atoms with Crippen LogP contribution in [0.3, 0.4) is 0 Å². The van der Waals surface area contributed by atoms with Crippen LogP contribution in [0.15, 0.2) is 0 Å². The van der Waals surface area contributed by atoms with E-state index in [1.807, 2.05) is 0 Å². The number of hydrogen-bond donors (Lipinski definition) is 5. The maximum atomic E-state index is 10.4. The van der Waals surface area contributed by atoms with E-state index in [4.69, 9.17) is 25.5 Å². The van der Waals surface area contributed by atoms with E-state index in [0.29, 0.717) is 0 Å². The number of aliphatic carboxylic acids is 3. The molecular formula is C6H9ClO8. The molecule has 0 spiro atoms. The van der Waals surface area contributed by atoms with E-state index in [2.05, 4.69) is 0 Å². The molecule has 0 aromatic heterocycles. The van der Waals surface area contributed by atoms with Crippen molar-refractivity contribution in [2.75, 3.05) is 0 Å². The van der Waals surface area contributed by atoms with E-state index in [1.165, 1.54) is 0 Å². The maximum absolute atomic E-state index is 10.4. The summed E-state index contributed by atoms with van der Waals surface area (Å²) in [7, 11) is 0. The Labute approximate surface area is 89.2 Å². The minimum atomic E-state index is -3.22. The molecule has 9 heteroatoms. The van der Waals surface area contributed by atoms with Crippen LogP contribution in [-0.2, 0) is 14.4 Å². The standard InChI is InChI=1S/C6H8O8.ClH/c7-2(8)1-6(14,5(12)13)3(9)4(10)11;/h3,9,14H,1H2,(H,7,8)(H,10,11)(H,12,13);1H. The molecule has 2 atom stereocenters. The van der Waals surface area contributed by atoms with Crippen molar-refractivity contribution in [1.29, 1.82) is 0 Å². The summed E-state index contributed by atoms with van der Waals surface area (Å²) in [6.45, 7) is 0. The number of hydrogen-bond acceptors (Lipinski definition) is 5. The molecule has 5 N–H and O–H groups in total. The molecule has 0 aromatic carbocycles. The summed E-state index contributed by atoms with van der Waals surface area (Å²) >= 11 is 0. The SMILES string of the molecule is Cl.O=C(O)CC(O)(C(=O)O)C(O)C(=O)O. The zero-order chi connectivity index (χ0) is 11.5. The van der Waals surface area contributed by atoms with Crippen molar-refractivity contribution in [3.05, 3.63) is 0 Å². The Hall–Kier alpha value is -1.38. The van der Waals surface area contributed by atoms with Gasteiger partial charge in [-0.25, -0.2) is 9.59 Å². The lowest BCUT2D eigenvalue weighted by Crippen LogP contribution is -2.54. The molecule has 0 aliphatic heterocycles. The smallest absolute Gasteiger partial charge is 0.339 e. The van der Waals surface area contributed by atoms with Gasteiger partial charge < -0.3 is 25.5 Å². The molecular weight excluding hydrogens is 236 g/mol. The molecule has 0 aromatic rings. The highest BCUT2D eigenvalue weighted by atomic mass is 35.5. The normalized spacial score (nSPS) is 15.6. The van der Waals surface area contributed by atoms with Crippen molar-refractivity contribution in [3.8, 4) is 0 Å². The molecule has 0 saturated carbocycles. The number of aliphatic hydroxyl groups excluding tert-OH is 1. The minimum absolute atomic E-state index is 0. The number of aliphatic hydroxyl groups is 2. The predicted octanol–water partition coefficient (Wildman–Crippen LogP) is -1.86. The fourth-order valence-corrected chi connectivity index (χ4v) is 0.724. The van der Waals surface area contributed by atoms with Crippen molar-refractivity contribution >= 4 is 30.3 Å². The monoisotopic (exact) mass is 244 g/mol. The third kappa shape index (κ3) is 3.70. The van der Waals surface area contributed by atoms with E-state index < -0.39 is 36.0 Å². The molecule has 0 fully saturated rings. The molecule has 0 bridgehead atoms. The van der Waals surface area contributed by atoms with Crippen molar-refractivity contribution in [1.82, 2.24) is 0 Å². The minimum Gasteiger partial charge on any atom is -0.481 e. The van der Waals surface area contributed by atoms with Crippen molar-refractivity contribution in [3.63, 3.8) is 0 Å². The molecule has 0 rings (SSSR count). The van der Waals surface area contributed by atoms with Gasteiger partial charge in [0.25, 0.3) is 0 Å². The zero-order valence-corrected chi connectivity index (χ0v) is 7.97. The Morgan fingerprint density at radius 3 is 1.73 bits per heavy atom. The largest absolute Gasteiger partial charge is 0.481 e. The van der Waals surface area contributed by atoms with Crippen LogP contribution in [0.25, 0.3) is 0 Å². The third-order valence-corrected chi connectivity index (χ3v) is 1.48. The first-order valence-electron chi connectivity index (χ1n) is 3.30. The molecule has 2 unspecified atom stereocenters. The molecule has 88 valence electrons. The molecule has 0 aliphatic rings. The molecule has 0 radical (unpaired) electrons. The average molecular weight is 245 g/mol. The van der Waals surface area contributed by atoms with Crippen LogP contribution < -0.4 is 0 Å². The lowest BCUT2D eigenvalue weighted by molar-refractivity contribution is -0.187. The highest BCUT2D eigenvalue weighted by Crippen LogP contribution is 2.16. The first-order chi connectivity index (χ1) is 6.21. The summed E-state index contributed by atoms with van der Waals surface area (Å²) in [6, 6.07) is 0. The number of halogens is 1. The van der Waals surface area contributed by atoms with Gasteiger partial charge in [0.15, 0.2) is 6.10 Å². The Balaban J connectivity index is 0. The molecule has 0 heterocycles. The van der Waals surface area contributed by atoms with Gasteiger partial charge in [-0.3, -0.25) is 4.79 Å². The summed E-state index contributed by atoms with van der Waals surface area (Å²) < 4.78 is 0. The first-order valence-corrected chi connectivity index (χ1v) is 3.30. The second-order valence-corrected chi connectivity index (χ2v) is 2.54. The second kappa shape index (κ2) is 5.49. The van der Waals surface area contributed by atoms with Crippen LogP contribution >= 0.6 is 12.4 Å². The van der Waals surface area contributed by atoms with E-state index >= 15 is 0 Å². The summed E-state index contributed by atoms with van der Waals surface area (Å²) in [4.78, 5) is 30.7. The van der Waals surface area contributed by atoms with Crippen molar-refractivity contribution in [2.24, 2.45) is 0 Å². The topological polar surface area (TPSA) is 152 Å². The van der Waals surface area contributed by atoms with Gasteiger partial charge in [0.05, 0.1) is 6.42 Å². The molecule has 8 nitrogen and oxygen atoms in total. The van der Waals surface area contributed by atoms with Gasteiger partial charge in [-0.1, -0.05) is 0 Å². The Kier molecular flexibility index (Phi) is 5.88. The quantitative estimate of drug-likeness (QED) is 0.378. The second-order valence-electron chi connectivity index (χ2n) is 2.54. The van der Waals surface area contributed by atoms with E-state index in [1.54, 1.807) is 0 Å². The van der Waals surface area contributed by atoms with Crippen LogP contribution in [0.4, 0.5) is 0 Å². The molecule has 0 saturated heterocycles. The number of carboxylic acid groups (broad SMARTS) is 3. The lowest BCUT2D eigenvalue weighted by Gasteiger charge is -2.23. The van der Waals surface area contributed by atoms with Gasteiger partial charge in [-0.15, -0.1) is 12.4 Å². The summed E-state index contributed by atoms with van der Waals surface area (Å²) in [5, 5.41) is 42.6. The first kappa shape index (κ1) is 16.1. The number of carboxylic acids is 3. The molecule has 0 aliphatic carbocycles. The Bertz CT molecular complexity index is 276. The van der Waals surface area contributed by atoms with Crippen LogP contribution in [0.1, 0.15) is 6.42 Å². The maximum Gasteiger partial charge on any atom is 0.339 e. The van der Waals surface area contributed by atoms with Gasteiger partial charge in [0.1, 0.15) is 0 Å². The van der Waals surface area contributed by atoms with Crippen LogP contribution in [-0.4, -0.2) is 55.1 Å². The van der Waals surface area contributed by atoms with E-state index in [0.717, 1.165) is 0 Å². The fourth-order valence-electron chi connectivity index (χ4n) is 0.724. The van der Waals surface area contributed by atoms with Gasteiger partial charge in [-0.2, -0.15) is 0 Å². The average Bonchev–Trinajstić information content (AvgIpc) is 2.00. The van der Waals surface area contributed by atoms with Gasteiger partial charge in [-0.05, 0) is 0 Å². The number of carbonyl (C=O) groups is 3. The molecule has 15 heavy (non-hydrogen) atoms. The van der Waals surface area contributed by atoms with Crippen LogP contribution in [0.5, 0.6) is 0 Å². The Morgan fingerprint density at radius 1 is 1.13 bits per heavy atom. The van der Waals surface area contributed by atoms with Gasteiger partial charge in [0, 0.05) is 0 Å². The number of rotatable bonds is 5. The lowest BCUT2D eigenvalue weighted by atomic mass is 9.93. The summed E-state index contributed by atoms with van der Waals surface area (Å²) in [5.74, 6) is -5.87. The van der Waals surface area contributed by atoms with Crippen molar-refractivity contribution < 1.29 is 39.9 Å². The van der Waals surface area contributed by atoms with Crippen LogP contribution in [0.2, 0.25) is 0 Å². The third-order valence-electron chi connectivity index (χ3n) is 1.48.